The van der Waals surface area contributed by atoms with Gasteiger partial charge in [-0.3, -0.25) is 14.5 Å². The van der Waals surface area contributed by atoms with E-state index in [0.717, 1.165) is 57.2 Å². The fourth-order valence-corrected chi connectivity index (χ4v) is 4.91. The Hall–Kier alpha value is -2.65. The highest BCUT2D eigenvalue weighted by Crippen LogP contribution is 2.28. The molecule has 3 amide bonds. The first-order chi connectivity index (χ1) is 16.0. The molecule has 0 bridgehead atoms. The van der Waals surface area contributed by atoms with Gasteiger partial charge in [0.25, 0.3) is 0 Å². The van der Waals surface area contributed by atoms with Gasteiger partial charge in [0.1, 0.15) is 19.4 Å². The molecule has 33 heavy (non-hydrogen) atoms. The number of ether oxygens (including phenoxy) is 2. The molecule has 3 fully saturated rings. The standard InChI is InChI=1S/C24H34N4O5/c25-21(23(30)27-12-4-5-13-27)18-8-10-19(11-9-18)26-22(29)20-15-32-16-28(20)24(31)33-14-17-6-2-1-3-7-17/h1-3,6-7,18-21H,4-5,8-16,25H2,(H,26,29)/t18?,19?,20-,21-/m0/s1. The topological polar surface area (TPSA) is 114 Å². The first-order valence-electron chi connectivity index (χ1n) is 11.9. The number of carbonyl (C=O) groups excluding carboxylic acids is 3. The largest absolute Gasteiger partial charge is 0.444 e. The van der Waals surface area contributed by atoms with Gasteiger partial charge in [0, 0.05) is 19.1 Å². The van der Waals surface area contributed by atoms with Gasteiger partial charge in [0.05, 0.1) is 12.6 Å². The van der Waals surface area contributed by atoms with Crippen LogP contribution in [0.3, 0.4) is 0 Å². The minimum absolute atomic E-state index is 0.00521. The van der Waals surface area contributed by atoms with Crippen LogP contribution in [0, 0.1) is 5.92 Å². The van der Waals surface area contributed by atoms with E-state index in [1.165, 1.54) is 4.90 Å². The lowest BCUT2D eigenvalue weighted by atomic mass is 9.81. The summed E-state index contributed by atoms with van der Waals surface area (Å²) in [5.74, 6) is -0.0247. The van der Waals surface area contributed by atoms with Gasteiger partial charge < -0.3 is 25.4 Å². The van der Waals surface area contributed by atoms with Gasteiger partial charge in [0.2, 0.25) is 11.8 Å². The maximum Gasteiger partial charge on any atom is 0.412 e. The summed E-state index contributed by atoms with van der Waals surface area (Å²) in [5, 5.41) is 3.06. The van der Waals surface area contributed by atoms with Crippen molar-refractivity contribution in [2.45, 2.75) is 63.3 Å². The van der Waals surface area contributed by atoms with Crippen LogP contribution in [0.5, 0.6) is 0 Å². The molecular weight excluding hydrogens is 424 g/mol. The Morgan fingerprint density at radius 3 is 2.48 bits per heavy atom. The fraction of sp³-hybridized carbons (Fsp3) is 0.625. The van der Waals surface area contributed by atoms with Gasteiger partial charge in [0.15, 0.2) is 0 Å². The number of nitrogens with one attached hydrogen (secondary N) is 1. The van der Waals surface area contributed by atoms with Crippen LogP contribution in [0.25, 0.3) is 0 Å². The van der Waals surface area contributed by atoms with Crippen molar-refractivity contribution in [3.05, 3.63) is 35.9 Å². The van der Waals surface area contributed by atoms with E-state index in [2.05, 4.69) is 5.32 Å². The Balaban J connectivity index is 1.22. The average Bonchev–Trinajstić information content (AvgIpc) is 3.55. The van der Waals surface area contributed by atoms with Crippen molar-refractivity contribution >= 4 is 17.9 Å². The van der Waals surface area contributed by atoms with Gasteiger partial charge in [-0.05, 0) is 50.0 Å². The van der Waals surface area contributed by atoms with Crippen LogP contribution in [0.1, 0.15) is 44.1 Å². The highest BCUT2D eigenvalue weighted by Gasteiger charge is 2.38. The molecule has 1 aromatic carbocycles. The smallest absolute Gasteiger partial charge is 0.412 e. The number of carbonyl (C=O) groups is 3. The molecule has 9 nitrogen and oxygen atoms in total. The Labute approximate surface area is 194 Å². The molecule has 3 aliphatic rings. The highest BCUT2D eigenvalue weighted by atomic mass is 16.6. The monoisotopic (exact) mass is 458 g/mol. The van der Waals surface area contributed by atoms with Crippen LogP contribution in [-0.2, 0) is 25.7 Å². The summed E-state index contributed by atoms with van der Waals surface area (Å²) in [6.07, 6.45) is 4.68. The van der Waals surface area contributed by atoms with Crippen LogP contribution in [0.2, 0.25) is 0 Å². The van der Waals surface area contributed by atoms with Crippen LogP contribution >= 0.6 is 0 Å². The quantitative estimate of drug-likeness (QED) is 0.669. The highest BCUT2D eigenvalue weighted by molar-refractivity contribution is 5.86. The third-order valence-corrected chi connectivity index (χ3v) is 6.95. The number of nitrogens with zero attached hydrogens (tertiary/aromatic N) is 2. The predicted molar refractivity (Wildman–Crippen MR) is 121 cm³/mol. The van der Waals surface area contributed by atoms with Crippen LogP contribution in [0.4, 0.5) is 4.79 Å². The van der Waals surface area contributed by atoms with Gasteiger partial charge in [-0.2, -0.15) is 0 Å². The van der Waals surface area contributed by atoms with E-state index in [0.29, 0.717) is 0 Å². The molecule has 180 valence electrons. The molecule has 3 N–H and O–H groups in total. The molecule has 2 atom stereocenters. The average molecular weight is 459 g/mol. The third kappa shape index (κ3) is 5.83. The SMILES string of the molecule is N[C@H](C(=O)N1CCCC1)C1CCC(NC(=O)[C@@H]2COCN2C(=O)OCc2ccccc2)CC1. The third-order valence-electron chi connectivity index (χ3n) is 6.95. The van der Waals surface area contributed by atoms with Gasteiger partial charge in [-0.1, -0.05) is 30.3 Å². The van der Waals surface area contributed by atoms with Crippen molar-refractivity contribution < 1.29 is 23.9 Å². The molecular formula is C24H34N4O5. The Morgan fingerprint density at radius 1 is 1.09 bits per heavy atom. The molecule has 4 rings (SSSR count). The van der Waals surface area contributed by atoms with E-state index in [9.17, 15) is 14.4 Å². The van der Waals surface area contributed by atoms with Crippen LogP contribution in [0.15, 0.2) is 30.3 Å². The summed E-state index contributed by atoms with van der Waals surface area (Å²) in [4.78, 5) is 41.2. The Bertz CT molecular complexity index is 821. The van der Waals surface area contributed by atoms with Crippen molar-refractivity contribution in [3.8, 4) is 0 Å². The Kier molecular flexibility index (Phi) is 7.82. The molecule has 2 heterocycles. The summed E-state index contributed by atoms with van der Waals surface area (Å²) >= 11 is 0. The lowest BCUT2D eigenvalue weighted by Gasteiger charge is -2.34. The molecule has 1 saturated carbocycles. The second-order valence-corrected chi connectivity index (χ2v) is 9.20. The molecule has 9 heteroatoms. The van der Waals surface area contributed by atoms with Gasteiger partial charge in [-0.25, -0.2) is 4.79 Å². The van der Waals surface area contributed by atoms with Crippen molar-refractivity contribution in [1.29, 1.82) is 0 Å². The van der Waals surface area contributed by atoms with Crippen molar-refractivity contribution in [3.63, 3.8) is 0 Å². The van der Waals surface area contributed by atoms with E-state index < -0.39 is 18.2 Å². The van der Waals surface area contributed by atoms with Crippen LogP contribution in [-0.4, -0.2) is 72.3 Å². The first-order valence-corrected chi connectivity index (χ1v) is 11.9. The van der Waals surface area contributed by atoms with Gasteiger partial charge in [-0.15, -0.1) is 0 Å². The van der Waals surface area contributed by atoms with E-state index in [1.54, 1.807) is 0 Å². The molecule has 2 saturated heterocycles. The zero-order valence-corrected chi connectivity index (χ0v) is 19.0. The lowest BCUT2D eigenvalue weighted by molar-refractivity contribution is -0.133. The van der Waals surface area contributed by atoms with E-state index >= 15 is 0 Å². The van der Waals surface area contributed by atoms with Crippen LogP contribution < -0.4 is 11.1 Å². The molecule has 0 spiro atoms. The second-order valence-electron chi connectivity index (χ2n) is 9.20. The molecule has 2 aliphatic heterocycles. The number of rotatable bonds is 6. The summed E-state index contributed by atoms with van der Waals surface area (Å²) in [6, 6.07) is 8.24. The molecule has 1 aliphatic carbocycles. The summed E-state index contributed by atoms with van der Waals surface area (Å²) in [5.41, 5.74) is 7.17. The zero-order valence-electron chi connectivity index (χ0n) is 19.0. The van der Waals surface area contributed by atoms with Crippen molar-refractivity contribution in [2.75, 3.05) is 26.4 Å². The van der Waals surface area contributed by atoms with Crippen molar-refractivity contribution in [1.82, 2.24) is 15.1 Å². The molecule has 0 unspecified atom stereocenters. The number of hydrogen-bond acceptors (Lipinski definition) is 6. The minimum atomic E-state index is -0.704. The summed E-state index contributed by atoms with van der Waals surface area (Å²) in [7, 11) is 0. The Morgan fingerprint density at radius 2 is 1.79 bits per heavy atom. The number of hydrogen-bond donors (Lipinski definition) is 2. The first kappa shape index (κ1) is 23.5. The van der Waals surface area contributed by atoms with E-state index in [1.807, 2.05) is 35.2 Å². The maximum atomic E-state index is 12.9. The zero-order chi connectivity index (χ0) is 23.2. The molecule has 1 aromatic rings. The van der Waals surface area contributed by atoms with E-state index in [4.69, 9.17) is 15.2 Å². The maximum absolute atomic E-state index is 12.9. The number of nitrogens with two attached hydrogens (primary N) is 1. The summed E-state index contributed by atoms with van der Waals surface area (Å²) < 4.78 is 10.7. The minimum Gasteiger partial charge on any atom is -0.444 e. The number of benzene rings is 1. The molecule has 0 aromatic heterocycles. The number of amides is 3. The normalized spacial score (nSPS) is 26.2. The van der Waals surface area contributed by atoms with E-state index in [-0.39, 0.29) is 43.7 Å². The summed E-state index contributed by atoms with van der Waals surface area (Å²) in [6.45, 7) is 1.95. The van der Waals surface area contributed by atoms with Crippen molar-refractivity contribution in [2.24, 2.45) is 11.7 Å². The second kappa shape index (κ2) is 11.0. The lowest BCUT2D eigenvalue weighted by Crippen LogP contribution is -2.52. The van der Waals surface area contributed by atoms with Gasteiger partial charge >= 0.3 is 6.09 Å². The predicted octanol–water partition coefficient (Wildman–Crippen LogP) is 1.61. The molecule has 0 radical (unpaired) electrons. The number of likely N-dealkylation sites (tertiary alicyclic amines) is 1. The fourth-order valence-electron chi connectivity index (χ4n) is 4.91.